The highest BCUT2D eigenvalue weighted by atomic mass is 15.1. The summed E-state index contributed by atoms with van der Waals surface area (Å²) in [6.07, 6.45) is 0. The molecule has 0 unspecified atom stereocenters. The molecule has 0 amide bonds. The van der Waals surface area contributed by atoms with Crippen LogP contribution in [0.15, 0.2) is 176 Å². The molecule has 9 aromatic rings. The lowest BCUT2D eigenvalue weighted by atomic mass is 9.89. The van der Waals surface area contributed by atoms with Gasteiger partial charge in [0.25, 0.3) is 0 Å². The molecule has 0 spiro atoms. The van der Waals surface area contributed by atoms with E-state index >= 15 is 0 Å². The molecule has 0 radical (unpaired) electrons. The van der Waals surface area contributed by atoms with Crippen LogP contribution in [0.5, 0.6) is 0 Å². The number of nitrogens with zero attached hydrogens (tertiary/aromatic N) is 6. The minimum atomic E-state index is 0.537. The van der Waals surface area contributed by atoms with Crippen LogP contribution in [0.4, 0.5) is 0 Å². The zero-order chi connectivity index (χ0) is 36.4. The summed E-state index contributed by atoms with van der Waals surface area (Å²) in [6.45, 7) is 2.03. The summed E-state index contributed by atoms with van der Waals surface area (Å²) in [6, 6.07) is 61.6. The van der Waals surface area contributed by atoms with E-state index in [0.717, 1.165) is 72.6 Å². The van der Waals surface area contributed by atoms with E-state index in [2.05, 4.69) is 65.2 Å². The Bertz CT molecular complexity index is 2790. The van der Waals surface area contributed by atoms with Crippen molar-refractivity contribution in [1.29, 1.82) is 5.26 Å². The molecular formula is C48H32N6. The van der Waals surface area contributed by atoms with Crippen molar-refractivity contribution in [3.8, 4) is 79.3 Å². The topological polar surface area (TPSA) is 80.3 Å². The summed E-state index contributed by atoms with van der Waals surface area (Å²) >= 11 is 0. The molecule has 0 N–H and O–H groups in total. The molecule has 0 saturated heterocycles. The number of aromatic nitrogens is 5. The van der Waals surface area contributed by atoms with Crippen LogP contribution in [0.3, 0.4) is 0 Å². The predicted octanol–water partition coefficient (Wildman–Crippen LogP) is 11.4. The molecule has 54 heavy (non-hydrogen) atoms. The largest absolute Gasteiger partial charge is 0.297 e. The molecule has 0 fully saturated rings. The van der Waals surface area contributed by atoms with Gasteiger partial charge >= 0.3 is 0 Å². The van der Waals surface area contributed by atoms with Crippen molar-refractivity contribution in [3.05, 3.63) is 187 Å². The number of rotatable bonds is 7. The second-order valence-electron chi connectivity index (χ2n) is 13.0. The van der Waals surface area contributed by atoms with Gasteiger partial charge in [0.1, 0.15) is 11.9 Å². The number of nitriles is 1. The summed E-state index contributed by atoms with van der Waals surface area (Å²) in [5.74, 6) is 2.64. The number of hydrogen-bond donors (Lipinski definition) is 0. The molecule has 2 heterocycles. The van der Waals surface area contributed by atoms with E-state index in [9.17, 15) is 5.26 Å². The number of aryl methyl sites for hydroxylation is 1. The monoisotopic (exact) mass is 692 g/mol. The zero-order valence-electron chi connectivity index (χ0n) is 29.4. The third-order valence-electron chi connectivity index (χ3n) is 9.67. The molecule has 0 atom stereocenters. The first-order valence-electron chi connectivity index (χ1n) is 17.8. The van der Waals surface area contributed by atoms with E-state index in [1.54, 1.807) is 0 Å². The van der Waals surface area contributed by atoms with Gasteiger partial charge in [-0.15, -0.1) is 0 Å². The van der Waals surface area contributed by atoms with Crippen LogP contribution in [-0.2, 0) is 0 Å². The molecule has 6 heteroatoms. The fourth-order valence-electron chi connectivity index (χ4n) is 7.14. The lowest BCUT2D eigenvalue weighted by Crippen LogP contribution is -2.01. The van der Waals surface area contributed by atoms with Crippen molar-refractivity contribution in [3.63, 3.8) is 0 Å². The van der Waals surface area contributed by atoms with Gasteiger partial charge in [0, 0.05) is 33.5 Å². The van der Waals surface area contributed by atoms with Crippen LogP contribution in [-0.4, -0.2) is 24.5 Å². The molecular weight excluding hydrogens is 661 g/mol. The van der Waals surface area contributed by atoms with E-state index in [-0.39, 0.29) is 0 Å². The second kappa shape index (κ2) is 13.9. The minimum absolute atomic E-state index is 0.537. The quantitative estimate of drug-likeness (QED) is 0.166. The number of para-hydroxylation sites is 2. The molecule has 2 aromatic heterocycles. The summed E-state index contributed by atoms with van der Waals surface area (Å²) in [5.41, 5.74) is 11.9. The fraction of sp³-hybridized carbons (Fsp3) is 0.0208. The first-order valence-corrected chi connectivity index (χ1v) is 17.8. The minimum Gasteiger partial charge on any atom is -0.297 e. The Morgan fingerprint density at radius 1 is 0.426 bits per heavy atom. The summed E-state index contributed by atoms with van der Waals surface area (Å²) < 4.78 is 2.19. The van der Waals surface area contributed by atoms with Gasteiger partial charge in [-0.3, -0.25) is 4.57 Å². The first-order chi connectivity index (χ1) is 26.6. The van der Waals surface area contributed by atoms with Crippen LogP contribution in [0.1, 0.15) is 11.4 Å². The van der Waals surface area contributed by atoms with Crippen molar-refractivity contribution in [2.45, 2.75) is 6.92 Å². The van der Waals surface area contributed by atoms with Gasteiger partial charge in [-0.1, -0.05) is 146 Å². The summed E-state index contributed by atoms with van der Waals surface area (Å²) in [7, 11) is 0. The lowest BCUT2D eigenvalue weighted by molar-refractivity contribution is 1.00. The maximum Gasteiger partial charge on any atom is 0.164 e. The van der Waals surface area contributed by atoms with Gasteiger partial charge in [-0.25, -0.2) is 19.9 Å². The van der Waals surface area contributed by atoms with Gasteiger partial charge in [-0.05, 0) is 59.5 Å². The Labute approximate surface area is 313 Å². The van der Waals surface area contributed by atoms with E-state index in [4.69, 9.17) is 19.9 Å². The summed E-state index contributed by atoms with van der Waals surface area (Å²) in [4.78, 5) is 19.7. The molecule has 0 aliphatic carbocycles. The molecule has 0 saturated carbocycles. The third-order valence-corrected chi connectivity index (χ3v) is 9.67. The van der Waals surface area contributed by atoms with E-state index in [1.165, 1.54) is 0 Å². The van der Waals surface area contributed by atoms with Crippen molar-refractivity contribution in [1.82, 2.24) is 24.5 Å². The zero-order valence-corrected chi connectivity index (χ0v) is 29.4. The molecule has 0 aliphatic heterocycles. The molecule has 254 valence electrons. The molecule has 7 aromatic carbocycles. The fourth-order valence-corrected chi connectivity index (χ4v) is 7.14. The van der Waals surface area contributed by atoms with E-state index in [1.807, 2.05) is 128 Å². The van der Waals surface area contributed by atoms with Gasteiger partial charge in [0.05, 0.1) is 16.6 Å². The standard InChI is InChI=1S/C48H32N6/c1-32-50-44-27-10-11-28-45(44)54(32)38-22-13-20-36(30-38)35-19-12-21-37(29-35)39-25-14-26-41(43(39)31-49)40-23-8-9-24-42(40)48-52-46(33-15-4-2-5-16-33)51-47(53-48)34-17-6-3-7-18-34/h2-30H,1H3. The van der Waals surface area contributed by atoms with Crippen LogP contribution in [0, 0.1) is 18.3 Å². The van der Waals surface area contributed by atoms with Crippen LogP contribution < -0.4 is 0 Å². The molecule has 6 nitrogen and oxygen atoms in total. The molecule has 9 rings (SSSR count). The summed E-state index contributed by atoms with van der Waals surface area (Å²) in [5, 5.41) is 10.8. The number of hydrogen-bond acceptors (Lipinski definition) is 5. The van der Waals surface area contributed by atoms with Crippen molar-refractivity contribution in [2.24, 2.45) is 0 Å². The smallest absolute Gasteiger partial charge is 0.164 e. The average molecular weight is 693 g/mol. The van der Waals surface area contributed by atoms with Gasteiger partial charge < -0.3 is 0 Å². The highest BCUT2D eigenvalue weighted by molar-refractivity contribution is 5.89. The van der Waals surface area contributed by atoms with E-state index in [0.29, 0.717) is 23.0 Å². The predicted molar refractivity (Wildman–Crippen MR) is 217 cm³/mol. The van der Waals surface area contributed by atoms with Crippen molar-refractivity contribution >= 4 is 11.0 Å². The highest BCUT2D eigenvalue weighted by Gasteiger charge is 2.19. The normalized spacial score (nSPS) is 11.0. The number of fused-ring (bicyclic) bond motifs is 1. The maximum atomic E-state index is 10.8. The maximum absolute atomic E-state index is 10.8. The lowest BCUT2D eigenvalue weighted by Gasteiger charge is -2.15. The SMILES string of the molecule is Cc1nc2ccccc2n1-c1cccc(-c2cccc(-c3cccc(-c4ccccc4-c4nc(-c5ccccc5)nc(-c5ccccc5)n4)c3C#N)c2)c1. The third kappa shape index (κ3) is 6.00. The van der Waals surface area contributed by atoms with Crippen molar-refractivity contribution in [2.75, 3.05) is 0 Å². The van der Waals surface area contributed by atoms with Gasteiger partial charge in [-0.2, -0.15) is 5.26 Å². The molecule has 0 bridgehead atoms. The average Bonchev–Trinajstić information content (AvgIpc) is 3.59. The first kappa shape index (κ1) is 32.4. The number of benzene rings is 7. The van der Waals surface area contributed by atoms with Crippen LogP contribution in [0.2, 0.25) is 0 Å². The van der Waals surface area contributed by atoms with Gasteiger partial charge in [0.2, 0.25) is 0 Å². The second-order valence-corrected chi connectivity index (χ2v) is 13.0. The Balaban J connectivity index is 1.14. The Kier molecular flexibility index (Phi) is 8.35. The molecule has 0 aliphatic rings. The van der Waals surface area contributed by atoms with E-state index < -0.39 is 0 Å². The Morgan fingerprint density at radius 2 is 0.944 bits per heavy atom. The number of imidazole rings is 1. The van der Waals surface area contributed by atoms with Gasteiger partial charge in [0.15, 0.2) is 17.5 Å². The van der Waals surface area contributed by atoms with Crippen molar-refractivity contribution < 1.29 is 0 Å². The Hall–Kier alpha value is -7.49. The van der Waals surface area contributed by atoms with Crippen LogP contribution >= 0.6 is 0 Å². The highest BCUT2D eigenvalue weighted by Crippen LogP contribution is 2.38. The Morgan fingerprint density at radius 3 is 1.67 bits per heavy atom. The van der Waals surface area contributed by atoms with Crippen LogP contribution in [0.25, 0.3) is 84.3 Å².